The van der Waals surface area contributed by atoms with Crippen molar-refractivity contribution in [3.63, 3.8) is 0 Å². The molecule has 0 fully saturated rings. The summed E-state index contributed by atoms with van der Waals surface area (Å²) in [5.74, 6) is -0.954. The van der Waals surface area contributed by atoms with Crippen molar-refractivity contribution >= 4 is 83.7 Å². The molecule has 0 amide bonds. The van der Waals surface area contributed by atoms with Gasteiger partial charge in [0.05, 0.1) is 55.5 Å². The zero-order chi connectivity index (χ0) is 41.7. The van der Waals surface area contributed by atoms with E-state index in [9.17, 15) is 40.3 Å². The van der Waals surface area contributed by atoms with Gasteiger partial charge >= 0.3 is 0 Å². The molecule has 0 saturated heterocycles. The van der Waals surface area contributed by atoms with E-state index in [1.165, 1.54) is 43.4 Å². The Bertz CT molecular complexity index is 3010. The van der Waals surface area contributed by atoms with E-state index in [2.05, 4.69) is 40.3 Å². The van der Waals surface area contributed by atoms with Crippen molar-refractivity contribution < 1.29 is 50.2 Å². The minimum Gasteiger partial charge on any atom is -0.354 e. The molecule has 22 heteroatoms. The summed E-state index contributed by atoms with van der Waals surface area (Å²) < 4.78 is 75.6. The third-order valence-corrected chi connectivity index (χ3v) is 11.4. The number of aromatic nitrogens is 4. The van der Waals surface area contributed by atoms with Crippen LogP contribution < -0.4 is 21.5 Å². The molecule has 0 saturated carbocycles. The van der Waals surface area contributed by atoms with Crippen molar-refractivity contribution in [3.8, 4) is 11.1 Å². The van der Waals surface area contributed by atoms with Gasteiger partial charge in [-0.25, -0.2) is 5.26 Å². The van der Waals surface area contributed by atoms with E-state index in [1.54, 1.807) is 25.1 Å². The maximum atomic E-state index is 14.5. The number of benzene rings is 4. The fraction of sp³-hybridized carbons (Fsp3) is 0.111. The van der Waals surface area contributed by atoms with Crippen LogP contribution in [0.3, 0.4) is 0 Å². The first-order chi connectivity index (χ1) is 27.5. The summed E-state index contributed by atoms with van der Waals surface area (Å²) in [6.07, 6.45) is 0. The molecule has 1 aliphatic carbocycles. The number of fused-ring (bicyclic) bond motifs is 2. The molecule has 19 nitrogen and oxygen atoms in total. The molecular formula is C36H29N7O12S3. The Labute approximate surface area is 332 Å². The first kappa shape index (κ1) is 40.1. The number of nitrogens with zero attached hydrogens (tertiary/aromatic N) is 4. The molecule has 0 bridgehead atoms. The highest BCUT2D eigenvalue weighted by molar-refractivity contribution is 7.94. The molecular weight excluding hydrogens is 819 g/mol. The maximum absolute atomic E-state index is 14.5. The number of hydrogen-bond donors (Lipinski definition) is 6. The summed E-state index contributed by atoms with van der Waals surface area (Å²) in [5.41, 5.74) is -1.23. The maximum Gasteiger partial charge on any atom is 0.296 e. The molecule has 298 valence electrons. The van der Waals surface area contributed by atoms with Gasteiger partial charge in [-0.05, 0) is 55.8 Å². The summed E-state index contributed by atoms with van der Waals surface area (Å²) >= 11 is 0.361. The van der Waals surface area contributed by atoms with Crippen LogP contribution in [0.4, 0.5) is 29.0 Å². The van der Waals surface area contributed by atoms with E-state index in [-0.39, 0.29) is 72.6 Å². The van der Waals surface area contributed by atoms with Gasteiger partial charge in [0.2, 0.25) is 11.9 Å². The van der Waals surface area contributed by atoms with Crippen LogP contribution in [0.25, 0.3) is 22.0 Å². The second kappa shape index (κ2) is 15.3. The van der Waals surface area contributed by atoms with Crippen LogP contribution in [-0.2, 0) is 36.7 Å². The van der Waals surface area contributed by atoms with E-state index in [1.807, 2.05) is 6.92 Å². The number of carbonyl (C=O) groups is 2. The van der Waals surface area contributed by atoms with Gasteiger partial charge in [0.25, 0.3) is 25.8 Å². The van der Waals surface area contributed by atoms with Gasteiger partial charge in [-0.15, -0.1) is 4.33 Å². The smallest absolute Gasteiger partial charge is 0.296 e. The number of ketones is 2. The van der Waals surface area contributed by atoms with Gasteiger partial charge < -0.3 is 20.5 Å². The number of anilines is 5. The number of hydrogen-bond acceptors (Lipinski definition) is 17. The molecule has 0 atom stereocenters. The average Bonchev–Trinajstić information content (AvgIpc) is 3.17. The predicted molar refractivity (Wildman–Crippen MR) is 210 cm³/mol. The van der Waals surface area contributed by atoms with Gasteiger partial charge in [-0.1, -0.05) is 41.4 Å². The summed E-state index contributed by atoms with van der Waals surface area (Å²) in [6, 6.07) is 15.8. The normalized spacial score (nSPS) is 12.3. The fourth-order valence-electron chi connectivity index (χ4n) is 6.56. The molecule has 58 heavy (non-hydrogen) atoms. The van der Waals surface area contributed by atoms with Crippen LogP contribution in [0.2, 0.25) is 0 Å². The SMILES string of the molecule is CCNc1nc(C)nc(Nc2cc(Nc3ccc4c5c3C(=O)c3ccccc3-c5c(C(=O)c3cccc(S(=O)(=O)O)c3)c(=O)n4C)c(S(=O)(=O)O)cc2SOOO)n1. The summed E-state index contributed by atoms with van der Waals surface area (Å²) in [4.78, 5) is 54.4. The van der Waals surface area contributed by atoms with Gasteiger partial charge in [-0.3, -0.25) is 23.5 Å². The van der Waals surface area contributed by atoms with E-state index < -0.39 is 52.7 Å². The van der Waals surface area contributed by atoms with E-state index in [0.29, 0.717) is 24.4 Å². The van der Waals surface area contributed by atoms with Crippen molar-refractivity contribution in [2.24, 2.45) is 7.05 Å². The van der Waals surface area contributed by atoms with Crippen LogP contribution in [0.1, 0.15) is 44.6 Å². The van der Waals surface area contributed by atoms with Crippen molar-refractivity contribution in [2.45, 2.75) is 28.5 Å². The van der Waals surface area contributed by atoms with Crippen molar-refractivity contribution in [1.82, 2.24) is 19.5 Å². The lowest BCUT2D eigenvalue weighted by molar-refractivity contribution is -0.432. The number of pyridine rings is 1. The Morgan fingerprint density at radius 1 is 0.828 bits per heavy atom. The number of carbonyl (C=O) groups excluding carboxylic acids is 2. The first-order valence-electron chi connectivity index (χ1n) is 16.8. The summed E-state index contributed by atoms with van der Waals surface area (Å²) in [6.45, 7) is 3.92. The molecule has 4 aromatic carbocycles. The Morgan fingerprint density at radius 2 is 1.55 bits per heavy atom. The van der Waals surface area contributed by atoms with Gasteiger partial charge in [-0.2, -0.15) is 31.8 Å². The van der Waals surface area contributed by atoms with E-state index in [0.717, 1.165) is 22.8 Å². The largest absolute Gasteiger partial charge is 0.354 e. The minimum atomic E-state index is -5.05. The lowest BCUT2D eigenvalue weighted by Crippen LogP contribution is -2.29. The lowest BCUT2D eigenvalue weighted by atomic mass is 9.80. The third kappa shape index (κ3) is 7.41. The average molecular weight is 848 g/mol. The molecule has 6 aromatic rings. The van der Waals surface area contributed by atoms with E-state index in [4.69, 9.17) is 5.26 Å². The molecule has 0 aliphatic heterocycles. The second-order valence-electron chi connectivity index (χ2n) is 12.6. The second-order valence-corrected chi connectivity index (χ2v) is 16.1. The molecule has 1 aliphatic rings. The Hall–Kier alpha value is -6.11. The molecule has 7 rings (SSSR count). The highest BCUT2D eigenvalue weighted by atomic mass is 32.2. The van der Waals surface area contributed by atoms with Crippen LogP contribution in [0.5, 0.6) is 0 Å². The zero-order valence-corrected chi connectivity index (χ0v) is 32.6. The van der Waals surface area contributed by atoms with E-state index >= 15 is 0 Å². The molecule has 0 radical (unpaired) electrons. The highest BCUT2D eigenvalue weighted by Crippen LogP contribution is 2.45. The topological polar surface area (TPSA) is 278 Å². The number of rotatable bonds is 13. The lowest BCUT2D eigenvalue weighted by Gasteiger charge is -2.26. The third-order valence-electron chi connectivity index (χ3n) is 8.96. The Balaban J connectivity index is 1.48. The Kier molecular flexibility index (Phi) is 10.6. The molecule has 6 N–H and O–H groups in total. The molecule has 0 unspecified atom stereocenters. The molecule has 2 heterocycles. The number of nitrogens with one attached hydrogen (secondary N) is 3. The minimum absolute atomic E-state index is 0.00163. The van der Waals surface area contributed by atoms with Gasteiger partial charge in [0.15, 0.2) is 11.6 Å². The van der Waals surface area contributed by atoms with Crippen molar-refractivity contribution in [3.05, 3.63) is 111 Å². The van der Waals surface area contributed by atoms with Gasteiger partial charge in [0.1, 0.15) is 10.7 Å². The standard InChI is InChI=1S/C36H29N7O12S3/c1-4-37-35-38-17(2)39-36(42-35)41-23-15-24(27(58(51,52)53)16-26(23)56-55-54-47)40-22-12-13-25-30-28(20-10-5-6-11-21(20)33(45)29(22)30)31(34(46)43(25)3)32(44)18-8-7-9-19(14-18)57(48,49)50/h5-16,40,47H,4H2,1-3H3,(H,48,49,50)(H,51,52,53)(H2,37,38,39,41,42). The zero-order valence-electron chi connectivity index (χ0n) is 30.2. The van der Waals surface area contributed by atoms with Crippen LogP contribution >= 0.6 is 12.0 Å². The van der Waals surface area contributed by atoms with Crippen LogP contribution in [0.15, 0.2) is 92.3 Å². The first-order valence-corrected chi connectivity index (χ1v) is 20.4. The van der Waals surface area contributed by atoms with Crippen molar-refractivity contribution in [1.29, 1.82) is 0 Å². The highest BCUT2D eigenvalue weighted by Gasteiger charge is 2.35. The quantitative estimate of drug-likeness (QED) is 0.0282. The fourth-order valence-corrected chi connectivity index (χ4v) is 8.29. The van der Waals surface area contributed by atoms with Crippen LogP contribution in [0, 0.1) is 6.92 Å². The van der Waals surface area contributed by atoms with Gasteiger partial charge in [0, 0.05) is 35.7 Å². The summed E-state index contributed by atoms with van der Waals surface area (Å²) in [5, 5.41) is 21.6. The Morgan fingerprint density at radius 3 is 2.24 bits per heavy atom. The molecule has 0 spiro atoms. The predicted octanol–water partition coefficient (Wildman–Crippen LogP) is 5.32. The molecule has 2 aromatic heterocycles. The monoisotopic (exact) mass is 847 g/mol. The summed E-state index contributed by atoms with van der Waals surface area (Å²) in [7, 11) is -8.41. The number of aryl methyl sites for hydroxylation is 2. The van der Waals surface area contributed by atoms with Crippen LogP contribution in [-0.4, -0.2) is 68.8 Å². The van der Waals surface area contributed by atoms with Crippen molar-refractivity contribution in [2.75, 3.05) is 22.5 Å².